The van der Waals surface area contributed by atoms with Gasteiger partial charge in [-0.1, -0.05) is 13.3 Å². The quantitative estimate of drug-likeness (QED) is 0.792. The Morgan fingerprint density at radius 2 is 1.95 bits per heavy atom. The Hall–Kier alpha value is -1.55. The van der Waals surface area contributed by atoms with E-state index in [4.69, 9.17) is 9.47 Å². The van der Waals surface area contributed by atoms with Gasteiger partial charge in [0.05, 0.1) is 0 Å². The van der Waals surface area contributed by atoms with Crippen LogP contribution in [0.15, 0.2) is 18.2 Å². The molecule has 1 saturated heterocycles. The fourth-order valence-corrected chi connectivity index (χ4v) is 2.95. The predicted octanol–water partition coefficient (Wildman–Crippen LogP) is 2.72. The number of benzene rings is 1. The van der Waals surface area contributed by atoms with E-state index in [2.05, 4.69) is 4.90 Å². The van der Waals surface area contributed by atoms with Crippen LogP contribution < -0.4 is 9.47 Å². The average Bonchev–Trinajstić information content (AvgIpc) is 2.94. The smallest absolute Gasteiger partial charge is 0.231 e. The molecule has 0 amide bonds. The van der Waals surface area contributed by atoms with Gasteiger partial charge in [-0.05, 0) is 44.1 Å². The van der Waals surface area contributed by atoms with Crippen molar-refractivity contribution in [3.05, 3.63) is 23.8 Å². The number of likely N-dealkylation sites (tertiary alicyclic amines) is 1. The Labute approximate surface area is 119 Å². The zero-order valence-corrected chi connectivity index (χ0v) is 11.9. The van der Waals surface area contributed by atoms with Crippen LogP contribution in [-0.4, -0.2) is 37.1 Å². The van der Waals surface area contributed by atoms with E-state index in [1.807, 2.05) is 19.1 Å². The highest BCUT2D eigenvalue weighted by atomic mass is 16.7. The maximum Gasteiger partial charge on any atom is 0.231 e. The van der Waals surface area contributed by atoms with Crippen LogP contribution in [0, 0.1) is 5.92 Å². The van der Waals surface area contributed by atoms with E-state index in [1.165, 1.54) is 19.3 Å². The third-order valence-corrected chi connectivity index (χ3v) is 4.09. The Balaban J connectivity index is 1.65. The molecule has 0 radical (unpaired) electrons. The summed E-state index contributed by atoms with van der Waals surface area (Å²) in [7, 11) is 0. The lowest BCUT2D eigenvalue weighted by Gasteiger charge is -2.28. The predicted molar refractivity (Wildman–Crippen MR) is 76.4 cm³/mol. The van der Waals surface area contributed by atoms with Crippen LogP contribution in [0.1, 0.15) is 36.5 Å². The van der Waals surface area contributed by atoms with Gasteiger partial charge in [0.25, 0.3) is 0 Å². The monoisotopic (exact) mass is 275 g/mol. The number of ether oxygens (including phenoxy) is 2. The van der Waals surface area contributed by atoms with Crippen LogP contribution in [0.25, 0.3) is 0 Å². The summed E-state index contributed by atoms with van der Waals surface area (Å²) in [5.74, 6) is 1.62. The topological polar surface area (TPSA) is 38.8 Å². The minimum absolute atomic E-state index is 0.0217. The first-order valence-electron chi connectivity index (χ1n) is 7.40. The highest BCUT2D eigenvalue weighted by molar-refractivity contribution is 5.98. The zero-order valence-electron chi connectivity index (χ0n) is 11.9. The van der Waals surface area contributed by atoms with Crippen molar-refractivity contribution in [2.45, 2.75) is 26.2 Å². The lowest BCUT2D eigenvalue weighted by Crippen LogP contribution is -2.35. The van der Waals surface area contributed by atoms with Gasteiger partial charge in [0, 0.05) is 18.0 Å². The van der Waals surface area contributed by atoms with E-state index < -0.39 is 0 Å². The van der Waals surface area contributed by atoms with Crippen LogP contribution in [0.4, 0.5) is 0 Å². The number of rotatable bonds is 4. The molecule has 0 aliphatic carbocycles. The lowest BCUT2D eigenvalue weighted by molar-refractivity contribution is 0.0883. The van der Waals surface area contributed by atoms with Crippen LogP contribution in [0.3, 0.4) is 0 Å². The van der Waals surface area contributed by atoms with Gasteiger partial charge < -0.3 is 14.4 Å². The summed E-state index contributed by atoms with van der Waals surface area (Å²) < 4.78 is 10.6. The first-order valence-corrected chi connectivity index (χ1v) is 7.40. The number of carbonyl (C=O) groups is 1. The molecule has 1 unspecified atom stereocenters. The molecule has 4 nitrogen and oxygen atoms in total. The molecular weight excluding hydrogens is 254 g/mol. The van der Waals surface area contributed by atoms with Crippen molar-refractivity contribution in [2.75, 3.05) is 26.4 Å². The molecular formula is C16H21NO3. The van der Waals surface area contributed by atoms with Gasteiger partial charge in [0.2, 0.25) is 6.79 Å². The highest BCUT2D eigenvalue weighted by Gasteiger charge is 2.22. The van der Waals surface area contributed by atoms with Gasteiger partial charge in [-0.3, -0.25) is 4.79 Å². The third-order valence-electron chi connectivity index (χ3n) is 4.09. The second-order valence-corrected chi connectivity index (χ2v) is 5.69. The van der Waals surface area contributed by atoms with E-state index in [9.17, 15) is 4.79 Å². The average molecular weight is 275 g/mol. The number of piperidine rings is 1. The highest BCUT2D eigenvalue weighted by Crippen LogP contribution is 2.33. The van der Waals surface area contributed by atoms with Crippen molar-refractivity contribution >= 4 is 5.78 Å². The molecule has 0 saturated carbocycles. The van der Waals surface area contributed by atoms with E-state index in [-0.39, 0.29) is 18.5 Å². The largest absolute Gasteiger partial charge is 0.454 e. The van der Waals surface area contributed by atoms with Crippen molar-refractivity contribution in [1.82, 2.24) is 4.90 Å². The molecule has 1 atom stereocenters. The Bertz CT molecular complexity index is 494. The molecule has 3 rings (SSSR count). The summed E-state index contributed by atoms with van der Waals surface area (Å²) in [5.41, 5.74) is 0.721. The summed E-state index contributed by atoms with van der Waals surface area (Å²) in [6, 6.07) is 5.46. The van der Waals surface area contributed by atoms with E-state index in [0.717, 1.165) is 30.9 Å². The second kappa shape index (κ2) is 5.83. The van der Waals surface area contributed by atoms with E-state index in [0.29, 0.717) is 5.75 Å². The SMILES string of the molecule is CC(CN1CCCCC1)C(=O)c1ccc2c(c1)OCO2. The Morgan fingerprint density at radius 1 is 1.20 bits per heavy atom. The summed E-state index contributed by atoms with van der Waals surface area (Å²) >= 11 is 0. The van der Waals surface area contributed by atoms with Crippen molar-refractivity contribution < 1.29 is 14.3 Å². The molecule has 4 heteroatoms. The number of hydrogen-bond donors (Lipinski definition) is 0. The molecule has 2 heterocycles. The second-order valence-electron chi connectivity index (χ2n) is 5.69. The van der Waals surface area contributed by atoms with Crippen molar-refractivity contribution in [1.29, 1.82) is 0 Å². The lowest BCUT2D eigenvalue weighted by atomic mass is 9.97. The molecule has 0 N–H and O–H groups in total. The van der Waals surface area contributed by atoms with Crippen LogP contribution >= 0.6 is 0 Å². The van der Waals surface area contributed by atoms with Crippen molar-refractivity contribution in [3.63, 3.8) is 0 Å². The molecule has 20 heavy (non-hydrogen) atoms. The van der Waals surface area contributed by atoms with Gasteiger partial charge in [-0.25, -0.2) is 0 Å². The molecule has 1 aromatic carbocycles. The number of Topliss-reactive ketones (excluding diaryl/α,β-unsaturated/α-hetero) is 1. The summed E-state index contributed by atoms with van der Waals surface area (Å²) in [5, 5.41) is 0. The number of hydrogen-bond acceptors (Lipinski definition) is 4. The summed E-state index contributed by atoms with van der Waals surface area (Å²) in [4.78, 5) is 14.9. The standard InChI is InChI=1S/C16H21NO3/c1-12(10-17-7-3-2-4-8-17)16(18)13-5-6-14-15(9-13)20-11-19-14/h5-6,9,12H,2-4,7-8,10-11H2,1H3. The normalized spacial score (nSPS) is 19.9. The van der Waals surface area contributed by atoms with Crippen molar-refractivity contribution in [2.24, 2.45) is 5.92 Å². The van der Waals surface area contributed by atoms with Gasteiger partial charge in [0.1, 0.15) is 0 Å². The van der Waals surface area contributed by atoms with Gasteiger partial charge in [0.15, 0.2) is 17.3 Å². The van der Waals surface area contributed by atoms with E-state index in [1.54, 1.807) is 6.07 Å². The molecule has 0 bridgehead atoms. The fourth-order valence-electron chi connectivity index (χ4n) is 2.95. The third kappa shape index (κ3) is 2.80. The number of ketones is 1. The molecule has 1 fully saturated rings. The molecule has 0 aromatic heterocycles. The van der Waals surface area contributed by atoms with E-state index >= 15 is 0 Å². The maximum absolute atomic E-state index is 12.5. The minimum Gasteiger partial charge on any atom is -0.454 e. The van der Waals surface area contributed by atoms with Crippen LogP contribution in [-0.2, 0) is 0 Å². The summed E-state index contributed by atoms with van der Waals surface area (Å²) in [6.07, 6.45) is 3.83. The zero-order chi connectivity index (χ0) is 13.9. The summed E-state index contributed by atoms with van der Waals surface area (Å²) in [6.45, 7) is 5.36. The van der Waals surface area contributed by atoms with Crippen molar-refractivity contribution in [3.8, 4) is 11.5 Å². The molecule has 108 valence electrons. The molecule has 0 spiro atoms. The van der Waals surface area contributed by atoms with Crippen LogP contribution in [0.5, 0.6) is 11.5 Å². The van der Waals surface area contributed by atoms with Gasteiger partial charge >= 0.3 is 0 Å². The molecule has 2 aliphatic rings. The molecule has 2 aliphatic heterocycles. The number of fused-ring (bicyclic) bond motifs is 1. The van der Waals surface area contributed by atoms with Gasteiger partial charge in [-0.2, -0.15) is 0 Å². The van der Waals surface area contributed by atoms with Crippen LogP contribution in [0.2, 0.25) is 0 Å². The minimum atomic E-state index is 0.0217. The fraction of sp³-hybridized carbons (Fsp3) is 0.562. The molecule has 1 aromatic rings. The first kappa shape index (κ1) is 13.4. The number of carbonyl (C=O) groups excluding carboxylic acids is 1. The first-order chi connectivity index (χ1) is 9.74. The maximum atomic E-state index is 12.5. The Morgan fingerprint density at radius 3 is 2.75 bits per heavy atom. The Kier molecular flexibility index (Phi) is 3.92. The number of nitrogens with zero attached hydrogens (tertiary/aromatic N) is 1. The van der Waals surface area contributed by atoms with Gasteiger partial charge in [-0.15, -0.1) is 0 Å².